The molecule has 1 aliphatic heterocycles. The fourth-order valence-corrected chi connectivity index (χ4v) is 3.15. The van der Waals surface area contributed by atoms with Crippen LogP contribution < -0.4 is 9.64 Å². The quantitative estimate of drug-likeness (QED) is 0.852. The van der Waals surface area contributed by atoms with Crippen LogP contribution in [0.4, 0.5) is 5.69 Å². The molecule has 0 radical (unpaired) electrons. The molecule has 1 aromatic rings. The van der Waals surface area contributed by atoms with Crippen LogP contribution in [0.25, 0.3) is 0 Å². The minimum absolute atomic E-state index is 0.0515. The summed E-state index contributed by atoms with van der Waals surface area (Å²) in [6, 6.07) is 5.68. The Balaban J connectivity index is 2.22. The normalized spacial score (nSPS) is 18.8. The van der Waals surface area contributed by atoms with Crippen molar-refractivity contribution in [1.29, 1.82) is 0 Å². The average Bonchev–Trinajstić information content (AvgIpc) is 2.70. The fraction of sp³-hybridized carbons (Fsp3) is 0.429. The summed E-state index contributed by atoms with van der Waals surface area (Å²) in [5.74, 6) is 0.797. The van der Waals surface area contributed by atoms with E-state index in [0.717, 1.165) is 17.0 Å². The Labute approximate surface area is 117 Å². The number of carbonyl (C=O) groups excluding carboxylic acids is 2. The predicted octanol–water partition coefficient (Wildman–Crippen LogP) is 2.39. The lowest BCUT2D eigenvalue weighted by molar-refractivity contribution is -0.117. The number of nitrogens with zero attached hydrogens (tertiary/aromatic N) is 1. The van der Waals surface area contributed by atoms with Gasteiger partial charge >= 0.3 is 0 Å². The van der Waals surface area contributed by atoms with Gasteiger partial charge in [0, 0.05) is 31.2 Å². The lowest BCUT2D eigenvalue weighted by atomic mass is 10.1. The molecule has 19 heavy (non-hydrogen) atoms. The molecule has 1 heterocycles. The number of hydrogen-bond acceptors (Lipinski definition) is 4. The number of carbonyl (C=O) groups is 2. The summed E-state index contributed by atoms with van der Waals surface area (Å²) in [6.45, 7) is 4.08. The van der Waals surface area contributed by atoms with E-state index in [1.54, 1.807) is 12.0 Å². The molecule has 102 valence electrons. The first-order valence-corrected chi connectivity index (χ1v) is 7.01. The van der Waals surface area contributed by atoms with Crippen molar-refractivity contribution < 1.29 is 14.3 Å². The topological polar surface area (TPSA) is 46.6 Å². The molecule has 1 unspecified atom stereocenters. The van der Waals surface area contributed by atoms with E-state index < -0.39 is 0 Å². The minimum atomic E-state index is 0.0515. The highest BCUT2D eigenvalue weighted by Gasteiger charge is 2.32. The zero-order valence-electron chi connectivity index (χ0n) is 11.3. The second kappa shape index (κ2) is 5.65. The Morgan fingerprint density at radius 1 is 1.47 bits per heavy atom. The molecule has 1 fully saturated rings. The maximum Gasteiger partial charge on any atom is 0.228 e. The van der Waals surface area contributed by atoms with Gasteiger partial charge in [0.25, 0.3) is 0 Å². The standard InChI is InChI=1S/C14H17NO3S/c1-9-4-5-11(18-3)6-13(9)15-8-12(7-14(15)17)19-10(2)16/h4-6,12H,7-8H2,1-3H3. The van der Waals surface area contributed by atoms with Crippen molar-refractivity contribution in [2.45, 2.75) is 25.5 Å². The Kier molecular flexibility index (Phi) is 4.14. The van der Waals surface area contributed by atoms with E-state index in [-0.39, 0.29) is 16.3 Å². The van der Waals surface area contributed by atoms with Gasteiger partial charge in [-0.3, -0.25) is 9.59 Å². The molecule has 1 aliphatic rings. The van der Waals surface area contributed by atoms with Crippen LogP contribution >= 0.6 is 11.8 Å². The van der Waals surface area contributed by atoms with E-state index >= 15 is 0 Å². The smallest absolute Gasteiger partial charge is 0.228 e. The lowest BCUT2D eigenvalue weighted by Crippen LogP contribution is -2.25. The number of hydrogen-bond donors (Lipinski definition) is 0. The first-order valence-electron chi connectivity index (χ1n) is 6.13. The van der Waals surface area contributed by atoms with Crippen molar-refractivity contribution in [2.24, 2.45) is 0 Å². The van der Waals surface area contributed by atoms with Gasteiger partial charge < -0.3 is 9.64 Å². The molecule has 0 aliphatic carbocycles. The zero-order chi connectivity index (χ0) is 14.0. The average molecular weight is 279 g/mol. The highest BCUT2D eigenvalue weighted by Crippen LogP contribution is 2.32. The lowest BCUT2D eigenvalue weighted by Gasteiger charge is -2.19. The van der Waals surface area contributed by atoms with Crippen molar-refractivity contribution >= 4 is 28.5 Å². The van der Waals surface area contributed by atoms with E-state index in [9.17, 15) is 9.59 Å². The summed E-state index contributed by atoms with van der Waals surface area (Å²) < 4.78 is 5.20. The van der Waals surface area contributed by atoms with Gasteiger partial charge in [0.1, 0.15) is 5.75 Å². The monoisotopic (exact) mass is 279 g/mol. The van der Waals surface area contributed by atoms with Crippen LogP contribution in [-0.4, -0.2) is 29.9 Å². The molecule has 0 saturated carbocycles. The van der Waals surface area contributed by atoms with Crippen molar-refractivity contribution in [3.05, 3.63) is 23.8 Å². The maximum atomic E-state index is 12.1. The maximum absolute atomic E-state index is 12.1. The van der Waals surface area contributed by atoms with Gasteiger partial charge in [-0.05, 0) is 18.6 Å². The van der Waals surface area contributed by atoms with Gasteiger partial charge in [0.2, 0.25) is 5.91 Å². The van der Waals surface area contributed by atoms with Gasteiger partial charge in [-0.1, -0.05) is 17.8 Å². The number of benzene rings is 1. The Hall–Kier alpha value is -1.49. The van der Waals surface area contributed by atoms with Crippen molar-refractivity contribution in [1.82, 2.24) is 0 Å². The summed E-state index contributed by atoms with van der Waals surface area (Å²) in [7, 11) is 1.61. The van der Waals surface area contributed by atoms with E-state index in [0.29, 0.717) is 13.0 Å². The molecule has 1 atom stereocenters. The molecule has 0 N–H and O–H groups in total. The number of methoxy groups -OCH3 is 1. The van der Waals surface area contributed by atoms with Crippen LogP contribution in [0, 0.1) is 6.92 Å². The summed E-state index contributed by atoms with van der Waals surface area (Å²) in [6.07, 6.45) is 0.418. The van der Waals surface area contributed by atoms with Gasteiger partial charge in [-0.25, -0.2) is 0 Å². The number of aryl methyl sites for hydroxylation is 1. The summed E-state index contributed by atoms with van der Waals surface area (Å²) >= 11 is 1.25. The zero-order valence-corrected chi connectivity index (χ0v) is 12.1. The van der Waals surface area contributed by atoms with Crippen LogP contribution in [-0.2, 0) is 9.59 Å². The first kappa shape index (κ1) is 13.9. The fourth-order valence-electron chi connectivity index (χ4n) is 2.23. The van der Waals surface area contributed by atoms with E-state index in [1.807, 2.05) is 25.1 Å². The molecule has 0 aromatic heterocycles. The van der Waals surface area contributed by atoms with Crippen molar-refractivity contribution in [2.75, 3.05) is 18.6 Å². The highest BCUT2D eigenvalue weighted by atomic mass is 32.2. The highest BCUT2D eigenvalue weighted by molar-refractivity contribution is 8.14. The van der Waals surface area contributed by atoms with Crippen molar-refractivity contribution in [3.8, 4) is 5.75 Å². The van der Waals surface area contributed by atoms with Gasteiger partial charge in [-0.15, -0.1) is 0 Å². The second-order valence-corrected chi connectivity index (χ2v) is 6.07. The molecule has 0 spiro atoms. The minimum Gasteiger partial charge on any atom is -0.497 e. The number of amides is 1. The number of ether oxygens (including phenoxy) is 1. The molecule has 5 heteroatoms. The second-order valence-electron chi connectivity index (χ2n) is 4.59. The summed E-state index contributed by atoms with van der Waals surface area (Å²) in [4.78, 5) is 25.0. The molecule has 0 bridgehead atoms. The summed E-state index contributed by atoms with van der Waals surface area (Å²) in [5, 5.41) is 0.109. The third-order valence-corrected chi connectivity index (χ3v) is 4.11. The number of rotatable bonds is 3. The third-order valence-electron chi connectivity index (χ3n) is 3.13. The van der Waals surface area contributed by atoms with Crippen LogP contribution in [0.2, 0.25) is 0 Å². The Bertz CT molecular complexity index is 515. The van der Waals surface area contributed by atoms with Crippen LogP contribution in [0.1, 0.15) is 18.9 Å². The van der Waals surface area contributed by atoms with Gasteiger partial charge in [0.15, 0.2) is 5.12 Å². The SMILES string of the molecule is COc1ccc(C)c(N2CC(SC(C)=O)CC2=O)c1. The van der Waals surface area contributed by atoms with E-state index in [2.05, 4.69) is 0 Å². The summed E-state index contributed by atoms with van der Waals surface area (Å²) in [5.41, 5.74) is 1.90. The molecule has 1 amide bonds. The van der Waals surface area contributed by atoms with Crippen LogP contribution in [0.15, 0.2) is 18.2 Å². The number of anilines is 1. The first-order chi connectivity index (χ1) is 9.01. The molecule has 1 saturated heterocycles. The Morgan fingerprint density at radius 3 is 2.84 bits per heavy atom. The molecule has 2 rings (SSSR count). The molecular formula is C14H17NO3S. The van der Waals surface area contributed by atoms with Crippen LogP contribution in [0.3, 0.4) is 0 Å². The Morgan fingerprint density at radius 2 is 2.21 bits per heavy atom. The van der Waals surface area contributed by atoms with Gasteiger partial charge in [0.05, 0.1) is 12.8 Å². The van der Waals surface area contributed by atoms with Crippen LogP contribution in [0.5, 0.6) is 5.75 Å². The van der Waals surface area contributed by atoms with Gasteiger partial charge in [-0.2, -0.15) is 0 Å². The predicted molar refractivity (Wildman–Crippen MR) is 76.8 cm³/mol. The van der Waals surface area contributed by atoms with Crippen molar-refractivity contribution in [3.63, 3.8) is 0 Å². The largest absolute Gasteiger partial charge is 0.497 e. The molecule has 4 nitrogen and oxygen atoms in total. The number of thioether (sulfide) groups is 1. The van der Waals surface area contributed by atoms with E-state index in [4.69, 9.17) is 4.74 Å². The van der Waals surface area contributed by atoms with E-state index in [1.165, 1.54) is 18.7 Å². The molecular weight excluding hydrogens is 262 g/mol. The third kappa shape index (κ3) is 3.10. The molecule has 1 aromatic carbocycles.